The monoisotopic (exact) mass is 327 g/mol. The lowest BCUT2D eigenvalue weighted by Gasteiger charge is -2.10. The number of carboxylic acid groups (broad SMARTS) is 1. The molecule has 7 nitrogen and oxygen atoms in total. The number of hydrogen-bond acceptors (Lipinski definition) is 5. The van der Waals surface area contributed by atoms with Crippen molar-refractivity contribution in [2.75, 3.05) is 4.72 Å². The van der Waals surface area contributed by atoms with Crippen LogP contribution in [0, 0.1) is 0 Å². The van der Waals surface area contributed by atoms with Crippen LogP contribution in [0.3, 0.4) is 0 Å². The maximum atomic E-state index is 12.2. The highest BCUT2D eigenvalue weighted by Crippen LogP contribution is 2.38. The van der Waals surface area contributed by atoms with Gasteiger partial charge in [-0.1, -0.05) is 0 Å². The van der Waals surface area contributed by atoms with Gasteiger partial charge in [0.05, 0.1) is 18.1 Å². The molecule has 0 saturated heterocycles. The van der Waals surface area contributed by atoms with E-state index >= 15 is 0 Å². The van der Waals surface area contributed by atoms with Crippen LogP contribution in [-0.2, 0) is 22.9 Å². The number of rotatable bonds is 4. The number of imidazole rings is 1. The Kier molecular flexibility index (Phi) is 3.46. The first-order chi connectivity index (χ1) is 9.99. The van der Waals surface area contributed by atoms with Crippen LogP contribution in [0.4, 0.5) is 5.00 Å². The topological polar surface area (TPSA) is 112 Å². The molecule has 0 spiro atoms. The maximum absolute atomic E-state index is 12.2. The first-order valence-electron chi connectivity index (χ1n) is 6.38. The van der Waals surface area contributed by atoms with Crippen LogP contribution in [0.5, 0.6) is 0 Å². The molecule has 9 heteroatoms. The van der Waals surface area contributed by atoms with Gasteiger partial charge in [-0.3, -0.25) is 4.72 Å². The molecule has 0 saturated carbocycles. The van der Waals surface area contributed by atoms with Crippen LogP contribution in [0.2, 0.25) is 0 Å². The summed E-state index contributed by atoms with van der Waals surface area (Å²) in [6.07, 6.45) is 5.84. The van der Waals surface area contributed by atoms with E-state index in [1.54, 1.807) is 0 Å². The molecule has 0 bridgehead atoms. The predicted molar refractivity (Wildman–Crippen MR) is 77.3 cm³/mol. The number of H-pyrrole nitrogens is 1. The van der Waals surface area contributed by atoms with Crippen molar-refractivity contribution in [2.24, 2.45) is 0 Å². The number of carbonyl (C=O) groups is 1. The van der Waals surface area contributed by atoms with Gasteiger partial charge in [0.25, 0.3) is 10.0 Å². The Morgan fingerprint density at radius 2 is 2.14 bits per heavy atom. The van der Waals surface area contributed by atoms with Crippen molar-refractivity contribution >= 4 is 32.3 Å². The molecule has 0 aromatic carbocycles. The summed E-state index contributed by atoms with van der Waals surface area (Å²) in [7, 11) is -3.85. The molecule has 1 aliphatic rings. The molecule has 0 amide bonds. The standard InChI is InChI=1S/C12H13N3O4S2/c16-12(17)10-7-3-1-2-4-8(7)20-11(10)15-21(18,19)9-5-13-6-14-9/h5-6,15H,1-4H2,(H,13,14)(H,16,17). The van der Waals surface area contributed by atoms with E-state index in [4.69, 9.17) is 0 Å². The molecule has 21 heavy (non-hydrogen) atoms. The molecule has 0 atom stereocenters. The van der Waals surface area contributed by atoms with E-state index in [0.29, 0.717) is 6.42 Å². The molecule has 3 N–H and O–H groups in total. The fraction of sp³-hybridized carbons (Fsp3) is 0.333. The van der Waals surface area contributed by atoms with Crippen LogP contribution in [-0.4, -0.2) is 29.5 Å². The summed E-state index contributed by atoms with van der Waals surface area (Å²) in [4.78, 5) is 18.6. The smallest absolute Gasteiger partial charge is 0.339 e. The second kappa shape index (κ2) is 5.15. The van der Waals surface area contributed by atoms with Gasteiger partial charge in [0, 0.05) is 4.88 Å². The van der Waals surface area contributed by atoms with E-state index in [9.17, 15) is 18.3 Å². The highest BCUT2D eigenvalue weighted by Gasteiger charge is 2.28. The molecule has 0 aliphatic heterocycles. The van der Waals surface area contributed by atoms with Crippen molar-refractivity contribution < 1.29 is 18.3 Å². The normalized spacial score (nSPS) is 14.7. The molecule has 1 aliphatic carbocycles. The second-order valence-electron chi connectivity index (χ2n) is 4.74. The van der Waals surface area contributed by atoms with Gasteiger partial charge in [0.2, 0.25) is 0 Å². The molecule has 0 radical (unpaired) electrons. The lowest BCUT2D eigenvalue weighted by molar-refractivity contribution is 0.0697. The van der Waals surface area contributed by atoms with Gasteiger partial charge in [0.1, 0.15) is 5.00 Å². The number of thiophene rings is 1. The minimum absolute atomic E-state index is 0.0813. The Hall–Kier alpha value is -1.87. The molecule has 2 aromatic rings. The molecule has 112 valence electrons. The number of aromatic carboxylic acids is 1. The van der Waals surface area contributed by atoms with Crippen molar-refractivity contribution in [3.8, 4) is 0 Å². The molecular weight excluding hydrogens is 314 g/mol. The van der Waals surface area contributed by atoms with Crippen LogP contribution < -0.4 is 4.72 Å². The van der Waals surface area contributed by atoms with Crippen molar-refractivity contribution in [1.29, 1.82) is 0 Å². The largest absolute Gasteiger partial charge is 0.478 e. The summed E-state index contributed by atoms with van der Waals surface area (Å²) in [5, 5.41) is 9.47. The van der Waals surface area contributed by atoms with Crippen molar-refractivity contribution in [1.82, 2.24) is 9.97 Å². The SMILES string of the molecule is O=C(O)c1c(NS(=O)(=O)c2cnc[nH]2)sc2c1CCCC2. The number of aromatic amines is 1. The van der Waals surface area contributed by atoms with Gasteiger partial charge in [0.15, 0.2) is 5.03 Å². The lowest BCUT2D eigenvalue weighted by atomic mass is 9.96. The van der Waals surface area contributed by atoms with Gasteiger partial charge in [-0.05, 0) is 31.2 Å². The Bertz CT molecular complexity index is 778. The zero-order chi connectivity index (χ0) is 15.0. The predicted octanol–water partition coefficient (Wildman–Crippen LogP) is 1.85. The number of anilines is 1. The summed E-state index contributed by atoms with van der Waals surface area (Å²) >= 11 is 1.21. The number of sulfonamides is 1. The molecule has 2 aromatic heterocycles. The quantitative estimate of drug-likeness (QED) is 0.793. The fourth-order valence-corrected chi connectivity index (χ4v) is 4.92. The summed E-state index contributed by atoms with van der Waals surface area (Å²) in [5.41, 5.74) is 0.846. The molecule has 0 unspecified atom stereocenters. The molecular formula is C12H13N3O4S2. The number of nitrogens with one attached hydrogen (secondary N) is 2. The summed E-state index contributed by atoms with van der Waals surface area (Å²) in [6, 6.07) is 0. The fourth-order valence-electron chi connectivity index (χ4n) is 2.43. The van der Waals surface area contributed by atoms with Gasteiger partial charge in [-0.25, -0.2) is 9.78 Å². The minimum atomic E-state index is -3.85. The third-order valence-corrected chi connectivity index (χ3v) is 5.99. The Morgan fingerprint density at radius 1 is 1.38 bits per heavy atom. The first kappa shape index (κ1) is 14.1. The van der Waals surface area contributed by atoms with Gasteiger partial charge < -0.3 is 10.1 Å². The zero-order valence-electron chi connectivity index (χ0n) is 10.9. The van der Waals surface area contributed by atoms with E-state index in [1.807, 2.05) is 0 Å². The van der Waals surface area contributed by atoms with Crippen molar-refractivity contribution in [3.63, 3.8) is 0 Å². The number of hydrogen-bond donors (Lipinski definition) is 3. The number of carboxylic acids is 1. The second-order valence-corrected chi connectivity index (χ2v) is 7.50. The van der Waals surface area contributed by atoms with E-state index < -0.39 is 16.0 Å². The lowest BCUT2D eigenvalue weighted by Crippen LogP contribution is -2.15. The van der Waals surface area contributed by atoms with Gasteiger partial charge in [-0.15, -0.1) is 11.3 Å². The van der Waals surface area contributed by atoms with Crippen LogP contribution in [0.25, 0.3) is 0 Å². The first-order valence-corrected chi connectivity index (χ1v) is 8.68. The van der Waals surface area contributed by atoms with Gasteiger partial charge in [-0.2, -0.15) is 8.42 Å². The third-order valence-electron chi connectivity index (χ3n) is 3.37. The Balaban J connectivity index is 2.03. The van der Waals surface area contributed by atoms with Crippen molar-refractivity contribution in [2.45, 2.75) is 30.7 Å². The highest BCUT2D eigenvalue weighted by atomic mass is 32.2. The molecule has 0 fully saturated rings. The average molecular weight is 327 g/mol. The van der Waals surface area contributed by atoms with Gasteiger partial charge >= 0.3 is 5.97 Å². The zero-order valence-corrected chi connectivity index (χ0v) is 12.6. The Morgan fingerprint density at radius 3 is 2.81 bits per heavy atom. The number of aryl methyl sites for hydroxylation is 1. The minimum Gasteiger partial charge on any atom is -0.478 e. The highest BCUT2D eigenvalue weighted by molar-refractivity contribution is 7.92. The van der Waals surface area contributed by atoms with Crippen molar-refractivity contribution in [3.05, 3.63) is 28.5 Å². The number of nitrogens with zero attached hydrogens (tertiary/aromatic N) is 1. The Labute approximate surface area is 125 Å². The van der Waals surface area contributed by atoms with E-state index in [2.05, 4.69) is 14.7 Å². The molecule has 3 rings (SSSR count). The van der Waals surface area contributed by atoms with Crippen LogP contribution in [0.15, 0.2) is 17.6 Å². The number of aromatic nitrogens is 2. The summed E-state index contributed by atoms with van der Waals surface area (Å²) in [5.74, 6) is -1.10. The average Bonchev–Trinajstić information content (AvgIpc) is 3.05. The van der Waals surface area contributed by atoms with Crippen LogP contribution in [0.1, 0.15) is 33.6 Å². The van der Waals surface area contributed by atoms with Crippen LogP contribution >= 0.6 is 11.3 Å². The summed E-state index contributed by atoms with van der Waals surface area (Å²) in [6.45, 7) is 0. The maximum Gasteiger partial charge on any atom is 0.339 e. The summed E-state index contributed by atoms with van der Waals surface area (Å²) < 4.78 is 26.7. The number of fused-ring (bicyclic) bond motifs is 1. The molecule has 2 heterocycles. The third kappa shape index (κ3) is 2.54. The van der Waals surface area contributed by atoms with E-state index in [-0.39, 0.29) is 15.6 Å². The van der Waals surface area contributed by atoms with E-state index in [0.717, 1.165) is 29.7 Å². The van der Waals surface area contributed by atoms with E-state index in [1.165, 1.54) is 23.9 Å².